The summed E-state index contributed by atoms with van der Waals surface area (Å²) in [4.78, 5) is 12.6. The Morgan fingerprint density at radius 3 is 2.19 bits per heavy atom. The molecule has 0 spiro atoms. The third-order valence-electron chi connectivity index (χ3n) is 3.78. The maximum absolute atomic E-state index is 12.5. The van der Waals surface area contributed by atoms with Crippen LogP contribution < -0.4 is 10.0 Å². The van der Waals surface area contributed by atoms with Gasteiger partial charge in [0.1, 0.15) is 0 Å². The number of carbonyl (C=O) groups excluding carboxylic acids is 1. The first kappa shape index (κ1) is 20.1. The summed E-state index contributed by atoms with van der Waals surface area (Å²) in [7, 11) is -3.69. The largest absolute Gasteiger partial charge is 0.348 e. The molecule has 0 aliphatic rings. The van der Waals surface area contributed by atoms with Crippen LogP contribution in [-0.2, 0) is 16.6 Å². The van der Waals surface area contributed by atoms with E-state index < -0.39 is 15.6 Å². The van der Waals surface area contributed by atoms with E-state index in [4.69, 9.17) is 0 Å². The van der Waals surface area contributed by atoms with Crippen molar-refractivity contribution in [1.29, 1.82) is 0 Å². The van der Waals surface area contributed by atoms with Gasteiger partial charge in [-0.1, -0.05) is 35.9 Å². The van der Waals surface area contributed by atoms with Gasteiger partial charge in [0.2, 0.25) is 10.0 Å². The van der Waals surface area contributed by atoms with Crippen molar-refractivity contribution in [3.05, 3.63) is 64.7 Å². The van der Waals surface area contributed by atoms with Crippen molar-refractivity contribution in [2.24, 2.45) is 0 Å². The standard InChI is InChI=1S/C20H26N2O3S/c1-14-6-9-16(10-7-14)13-21-19(23)18-12-17(11-8-15(18)2)26(24,25)22-20(3,4)5/h6-12,22H,13H2,1-5H3,(H,21,23). The Hall–Kier alpha value is -2.18. The highest BCUT2D eigenvalue weighted by molar-refractivity contribution is 7.89. The molecule has 0 unspecified atom stereocenters. The van der Waals surface area contributed by atoms with Crippen LogP contribution in [0.3, 0.4) is 0 Å². The third-order valence-corrected chi connectivity index (χ3v) is 5.53. The van der Waals surface area contributed by atoms with Gasteiger partial charge in [-0.25, -0.2) is 13.1 Å². The number of amides is 1. The van der Waals surface area contributed by atoms with Crippen LogP contribution in [0, 0.1) is 13.8 Å². The summed E-state index contributed by atoms with van der Waals surface area (Å²) in [5.41, 5.74) is 2.62. The Balaban J connectivity index is 2.20. The van der Waals surface area contributed by atoms with Crippen molar-refractivity contribution in [1.82, 2.24) is 10.0 Å². The molecule has 6 heteroatoms. The van der Waals surface area contributed by atoms with E-state index in [0.717, 1.165) is 16.7 Å². The van der Waals surface area contributed by atoms with E-state index in [1.165, 1.54) is 12.1 Å². The molecule has 0 atom stereocenters. The van der Waals surface area contributed by atoms with Crippen LogP contribution in [0.2, 0.25) is 0 Å². The lowest BCUT2D eigenvalue weighted by atomic mass is 10.1. The molecule has 2 aromatic rings. The van der Waals surface area contributed by atoms with Gasteiger partial charge in [0.05, 0.1) is 4.90 Å². The zero-order chi connectivity index (χ0) is 19.5. The van der Waals surface area contributed by atoms with Gasteiger partial charge in [-0.05, 0) is 57.9 Å². The lowest BCUT2D eigenvalue weighted by Crippen LogP contribution is -2.40. The molecule has 0 bridgehead atoms. The fourth-order valence-corrected chi connectivity index (χ4v) is 3.90. The number of hydrogen-bond acceptors (Lipinski definition) is 3. The maximum atomic E-state index is 12.5. The minimum absolute atomic E-state index is 0.0820. The summed E-state index contributed by atoms with van der Waals surface area (Å²) >= 11 is 0. The Morgan fingerprint density at radius 2 is 1.62 bits per heavy atom. The summed E-state index contributed by atoms with van der Waals surface area (Å²) in [6, 6.07) is 12.5. The highest BCUT2D eigenvalue weighted by atomic mass is 32.2. The van der Waals surface area contributed by atoms with E-state index in [9.17, 15) is 13.2 Å². The average Bonchev–Trinajstić information content (AvgIpc) is 2.52. The Bertz CT molecular complexity index is 896. The number of sulfonamides is 1. The zero-order valence-electron chi connectivity index (χ0n) is 15.9. The molecule has 0 aliphatic carbocycles. The van der Waals surface area contributed by atoms with E-state index in [-0.39, 0.29) is 10.8 Å². The number of carbonyl (C=O) groups is 1. The molecule has 2 rings (SSSR count). The fourth-order valence-electron chi connectivity index (χ4n) is 2.46. The molecule has 26 heavy (non-hydrogen) atoms. The van der Waals surface area contributed by atoms with Crippen LogP contribution >= 0.6 is 0 Å². The molecule has 0 aromatic heterocycles. The van der Waals surface area contributed by atoms with Gasteiger partial charge in [0, 0.05) is 17.6 Å². The van der Waals surface area contributed by atoms with Crippen molar-refractivity contribution in [2.75, 3.05) is 0 Å². The first-order valence-electron chi connectivity index (χ1n) is 8.46. The van der Waals surface area contributed by atoms with E-state index >= 15 is 0 Å². The predicted octanol–water partition coefficient (Wildman–Crippen LogP) is 3.31. The van der Waals surface area contributed by atoms with Crippen molar-refractivity contribution in [3.63, 3.8) is 0 Å². The first-order chi connectivity index (χ1) is 12.0. The lowest BCUT2D eigenvalue weighted by Gasteiger charge is -2.20. The van der Waals surface area contributed by atoms with Crippen LogP contribution in [0.25, 0.3) is 0 Å². The van der Waals surface area contributed by atoms with Crippen molar-refractivity contribution >= 4 is 15.9 Å². The van der Waals surface area contributed by atoms with E-state index in [1.54, 1.807) is 33.8 Å². The number of benzene rings is 2. The van der Waals surface area contributed by atoms with Crippen LogP contribution in [0.15, 0.2) is 47.4 Å². The highest BCUT2D eigenvalue weighted by Gasteiger charge is 2.23. The van der Waals surface area contributed by atoms with E-state index in [0.29, 0.717) is 12.1 Å². The zero-order valence-corrected chi connectivity index (χ0v) is 16.7. The van der Waals surface area contributed by atoms with Crippen LogP contribution in [0.1, 0.15) is 47.8 Å². The normalized spacial score (nSPS) is 12.0. The first-order valence-corrected chi connectivity index (χ1v) is 9.95. The number of rotatable bonds is 5. The Morgan fingerprint density at radius 1 is 1.00 bits per heavy atom. The van der Waals surface area contributed by atoms with Crippen molar-refractivity contribution in [3.8, 4) is 0 Å². The van der Waals surface area contributed by atoms with Gasteiger partial charge in [-0.15, -0.1) is 0 Å². The summed E-state index contributed by atoms with van der Waals surface area (Å²) in [5, 5.41) is 2.85. The molecule has 140 valence electrons. The molecule has 2 aromatic carbocycles. The third kappa shape index (κ3) is 5.41. The molecule has 2 N–H and O–H groups in total. The minimum atomic E-state index is -3.69. The van der Waals surface area contributed by atoms with E-state index in [1.807, 2.05) is 31.2 Å². The van der Waals surface area contributed by atoms with Gasteiger partial charge in [-0.2, -0.15) is 0 Å². The molecule has 0 saturated heterocycles. The van der Waals surface area contributed by atoms with Gasteiger partial charge >= 0.3 is 0 Å². The molecule has 0 saturated carbocycles. The molecule has 0 aliphatic heterocycles. The average molecular weight is 375 g/mol. The van der Waals surface area contributed by atoms with Crippen molar-refractivity contribution < 1.29 is 13.2 Å². The van der Waals surface area contributed by atoms with Crippen LogP contribution in [0.4, 0.5) is 0 Å². The topological polar surface area (TPSA) is 75.3 Å². The smallest absolute Gasteiger partial charge is 0.251 e. The molecular formula is C20H26N2O3S. The second-order valence-electron chi connectivity index (χ2n) is 7.50. The fraction of sp³-hybridized carbons (Fsp3) is 0.350. The van der Waals surface area contributed by atoms with Gasteiger partial charge < -0.3 is 5.32 Å². The van der Waals surface area contributed by atoms with Crippen molar-refractivity contribution in [2.45, 2.75) is 51.6 Å². The highest BCUT2D eigenvalue weighted by Crippen LogP contribution is 2.18. The second kappa shape index (κ2) is 7.60. The molecule has 1 amide bonds. The maximum Gasteiger partial charge on any atom is 0.251 e. The summed E-state index contributed by atoms with van der Waals surface area (Å²) < 4.78 is 27.6. The molecule has 0 radical (unpaired) electrons. The Labute approximate surface area is 155 Å². The summed E-state index contributed by atoms with van der Waals surface area (Å²) in [6.07, 6.45) is 0. The van der Waals surface area contributed by atoms with Crippen LogP contribution in [-0.4, -0.2) is 19.9 Å². The summed E-state index contributed by atoms with van der Waals surface area (Å²) in [6.45, 7) is 9.49. The molecule has 5 nitrogen and oxygen atoms in total. The van der Waals surface area contributed by atoms with Crippen LogP contribution in [0.5, 0.6) is 0 Å². The Kier molecular flexibility index (Phi) is 5.88. The minimum Gasteiger partial charge on any atom is -0.348 e. The van der Waals surface area contributed by atoms with E-state index in [2.05, 4.69) is 10.0 Å². The quantitative estimate of drug-likeness (QED) is 0.843. The molecule has 0 fully saturated rings. The predicted molar refractivity (Wildman–Crippen MR) is 104 cm³/mol. The van der Waals surface area contributed by atoms with Gasteiger partial charge in [-0.3, -0.25) is 4.79 Å². The van der Waals surface area contributed by atoms with Gasteiger partial charge in [0.15, 0.2) is 0 Å². The molecule has 0 heterocycles. The molecular weight excluding hydrogens is 348 g/mol. The lowest BCUT2D eigenvalue weighted by molar-refractivity contribution is 0.0950. The number of aryl methyl sites for hydroxylation is 2. The monoisotopic (exact) mass is 374 g/mol. The SMILES string of the molecule is Cc1ccc(CNC(=O)c2cc(S(=O)(=O)NC(C)(C)C)ccc2C)cc1. The number of hydrogen-bond donors (Lipinski definition) is 2. The second-order valence-corrected chi connectivity index (χ2v) is 9.18. The number of nitrogens with one attached hydrogen (secondary N) is 2. The van der Waals surface area contributed by atoms with Gasteiger partial charge in [0.25, 0.3) is 5.91 Å². The summed E-state index contributed by atoms with van der Waals surface area (Å²) in [5.74, 6) is -0.295.